The van der Waals surface area contributed by atoms with Gasteiger partial charge in [-0.3, -0.25) is 9.59 Å². The van der Waals surface area contributed by atoms with Crippen molar-refractivity contribution in [2.75, 3.05) is 27.2 Å². The normalized spacial score (nSPS) is 16.2. The molecule has 1 aliphatic rings. The Bertz CT molecular complexity index is 770. The summed E-state index contributed by atoms with van der Waals surface area (Å²) in [5.41, 5.74) is 2.73. The van der Waals surface area contributed by atoms with E-state index in [-0.39, 0.29) is 30.1 Å². The van der Waals surface area contributed by atoms with Gasteiger partial charge in [0.1, 0.15) is 6.54 Å². The Morgan fingerprint density at radius 2 is 2.16 bits per heavy atom. The highest BCUT2D eigenvalue weighted by Gasteiger charge is 2.20. The molecule has 1 unspecified atom stereocenters. The second kappa shape index (κ2) is 7.43. The summed E-state index contributed by atoms with van der Waals surface area (Å²) >= 11 is 0. The first kappa shape index (κ1) is 17.1. The molecule has 8 heteroatoms. The number of benzene rings is 1. The first-order valence-electron chi connectivity index (χ1n) is 8.24. The van der Waals surface area contributed by atoms with E-state index in [2.05, 4.69) is 33.1 Å². The highest BCUT2D eigenvalue weighted by Crippen LogP contribution is 2.21. The molecule has 8 nitrogen and oxygen atoms in total. The Balaban J connectivity index is 1.59. The van der Waals surface area contributed by atoms with E-state index in [0.717, 1.165) is 13.0 Å². The number of nitrogens with zero attached hydrogens (tertiary/aromatic N) is 4. The van der Waals surface area contributed by atoms with E-state index >= 15 is 0 Å². The fraction of sp³-hybridized carbons (Fsp3) is 0.412. The standard InChI is InChI=1S/C17H22N6O2/c1-22(2)16(24)11-23-10-15(20-21-23)17(25)19-9-14-13-6-4-3-5-12(13)7-8-18-14/h3-6,10,14,18H,7-9,11H2,1-2H3,(H,19,25). The monoisotopic (exact) mass is 342 g/mol. The first-order chi connectivity index (χ1) is 12.0. The van der Waals surface area contributed by atoms with Crippen LogP contribution >= 0.6 is 0 Å². The molecule has 1 aliphatic heterocycles. The van der Waals surface area contributed by atoms with Crippen LogP contribution in [0.15, 0.2) is 30.5 Å². The average Bonchev–Trinajstić information content (AvgIpc) is 3.08. The van der Waals surface area contributed by atoms with E-state index in [1.165, 1.54) is 26.9 Å². The maximum atomic E-state index is 12.3. The molecule has 1 atom stereocenters. The molecule has 0 radical (unpaired) electrons. The largest absolute Gasteiger partial charge is 0.349 e. The Morgan fingerprint density at radius 3 is 2.96 bits per heavy atom. The third-order valence-corrected chi connectivity index (χ3v) is 4.25. The van der Waals surface area contributed by atoms with E-state index in [1.807, 2.05) is 12.1 Å². The molecule has 25 heavy (non-hydrogen) atoms. The van der Waals surface area contributed by atoms with Crippen LogP contribution < -0.4 is 10.6 Å². The number of hydrogen-bond donors (Lipinski definition) is 2. The zero-order valence-electron chi connectivity index (χ0n) is 14.4. The van der Waals surface area contributed by atoms with Gasteiger partial charge in [0.2, 0.25) is 5.91 Å². The minimum atomic E-state index is -0.298. The van der Waals surface area contributed by atoms with Crippen molar-refractivity contribution in [2.45, 2.75) is 19.0 Å². The van der Waals surface area contributed by atoms with Gasteiger partial charge >= 0.3 is 0 Å². The molecular weight excluding hydrogens is 320 g/mol. The number of carbonyl (C=O) groups excluding carboxylic acids is 2. The number of carbonyl (C=O) groups is 2. The Kier molecular flexibility index (Phi) is 5.08. The van der Waals surface area contributed by atoms with Crippen LogP contribution in [0.5, 0.6) is 0 Å². The minimum Gasteiger partial charge on any atom is -0.349 e. The summed E-state index contributed by atoms with van der Waals surface area (Å²) in [6.45, 7) is 1.42. The van der Waals surface area contributed by atoms with Gasteiger partial charge in [-0.1, -0.05) is 29.5 Å². The van der Waals surface area contributed by atoms with Crippen molar-refractivity contribution < 1.29 is 9.59 Å². The second-order valence-corrected chi connectivity index (χ2v) is 6.26. The number of rotatable bonds is 5. The molecule has 2 heterocycles. The molecule has 0 fully saturated rings. The molecule has 2 aromatic rings. The summed E-state index contributed by atoms with van der Waals surface area (Å²) in [5, 5.41) is 14.0. The van der Waals surface area contributed by atoms with Crippen LogP contribution in [0.2, 0.25) is 0 Å². The fourth-order valence-corrected chi connectivity index (χ4v) is 2.82. The van der Waals surface area contributed by atoms with Gasteiger partial charge < -0.3 is 15.5 Å². The summed E-state index contributed by atoms with van der Waals surface area (Å²) in [6.07, 6.45) is 2.48. The van der Waals surface area contributed by atoms with E-state index in [4.69, 9.17) is 0 Å². The number of nitrogens with one attached hydrogen (secondary N) is 2. The third kappa shape index (κ3) is 4.03. The molecule has 3 rings (SSSR count). The lowest BCUT2D eigenvalue weighted by atomic mass is 9.94. The summed E-state index contributed by atoms with van der Waals surface area (Å²) in [4.78, 5) is 25.4. The summed E-state index contributed by atoms with van der Waals surface area (Å²) in [7, 11) is 3.34. The van der Waals surface area contributed by atoms with Crippen LogP contribution in [0.4, 0.5) is 0 Å². The second-order valence-electron chi connectivity index (χ2n) is 6.26. The van der Waals surface area contributed by atoms with Crippen molar-refractivity contribution in [1.29, 1.82) is 0 Å². The van der Waals surface area contributed by atoms with Gasteiger partial charge in [-0.15, -0.1) is 5.10 Å². The maximum absolute atomic E-state index is 12.3. The molecular formula is C17H22N6O2. The predicted molar refractivity (Wildman–Crippen MR) is 91.9 cm³/mol. The molecule has 132 valence electrons. The summed E-state index contributed by atoms with van der Waals surface area (Å²) < 4.78 is 1.37. The van der Waals surface area contributed by atoms with Crippen molar-refractivity contribution in [2.24, 2.45) is 0 Å². The van der Waals surface area contributed by atoms with Crippen LogP contribution in [0.3, 0.4) is 0 Å². The number of aromatic nitrogens is 3. The van der Waals surface area contributed by atoms with Gasteiger partial charge in [0.05, 0.1) is 6.20 Å². The number of likely N-dealkylation sites (N-methyl/N-ethyl adjacent to an activating group) is 1. The highest BCUT2D eigenvalue weighted by atomic mass is 16.2. The molecule has 0 spiro atoms. The van der Waals surface area contributed by atoms with E-state index in [1.54, 1.807) is 14.1 Å². The van der Waals surface area contributed by atoms with Crippen molar-refractivity contribution in [3.63, 3.8) is 0 Å². The Hall–Kier alpha value is -2.74. The summed E-state index contributed by atoms with van der Waals surface area (Å²) in [6, 6.07) is 8.33. The van der Waals surface area contributed by atoms with Crippen LogP contribution in [-0.2, 0) is 17.8 Å². The van der Waals surface area contributed by atoms with E-state index in [9.17, 15) is 9.59 Å². The van der Waals surface area contributed by atoms with Gasteiger partial charge in [0.25, 0.3) is 5.91 Å². The molecule has 0 aliphatic carbocycles. The Morgan fingerprint density at radius 1 is 1.36 bits per heavy atom. The average molecular weight is 342 g/mol. The lowest BCUT2D eigenvalue weighted by Crippen LogP contribution is -2.38. The molecule has 0 saturated carbocycles. The van der Waals surface area contributed by atoms with Crippen LogP contribution in [-0.4, -0.2) is 58.9 Å². The highest BCUT2D eigenvalue weighted by molar-refractivity contribution is 5.91. The number of fused-ring (bicyclic) bond motifs is 1. The molecule has 0 saturated heterocycles. The SMILES string of the molecule is CN(C)C(=O)Cn1cc(C(=O)NCC2NCCc3ccccc32)nn1. The van der Waals surface area contributed by atoms with Crippen LogP contribution in [0.1, 0.15) is 27.7 Å². The predicted octanol–water partition coefficient (Wildman–Crippen LogP) is -0.0169. The quantitative estimate of drug-likeness (QED) is 0.797. The topological polar surface area (TPSA) is 92.2 Å². The van der Waals surface area contributed by atoms with Gasteiger partial charge in [0, 0.05) is 26.7 Å². The van der Waals surface area contributed by atoms with E-state index < -0.39 is 0 Å². The lowest BCUT2D eigenvalue weighted by Gasteiger charge is -2.27. The number of amides is 2. The smallest absolute Gasteiger partial charge is 0.273 e. The molecule has 0 bridgehead atoms. The maximum Gasteiger partial charge on any atom is 0.273 e. The molecule has 2 N–H and O–H groups in total. The molecule has 2 amide bonds. The van der Waals surface area contributed by atoms with Gasteiger partial charge in [0.15, 0.2) is 5.69 Å². The third-order valence-electron chi connectivity index (χ3n) is 4.25. The van der Waals surface area contributed by atoms with Crippen molar-refractivity contribution >= 4 is 11.8 Å². The lowest BCUT2D eigenvalue weighted by molar-refractivity contribution is -0.129. The first-order valence-corrected chi connectivity index (χ1v) is 8.24. The van der Waals surface area contributed by atoms with Crippen molar-refractivity contribution in [3.05, 3.63) is 47.3 Å². The zero-order valence-corrected chi connectivity index (χ0v) is 14.4. The minimum absolute atomic E-state index is 0.0604. The molecule has 1 aromatic heterocycles. The summed E-state index contributed by atoms with van der Waals surface area (Å²) in [5.74, 6) is -0.409. The van der Waals surface area contributed by atoms with Crippen LogP contribution in [0.25, 0.3) is 0 Å². The Labute approximate surface area is 146 Å². The molecule has 1 aromatic carbocycles. The van der Waals surface area contributed by atoms with Gasteiger partial charge in [-0.05, 0) is 24.1 Å². The van der Waals surface area contributed by atoms with Crippen molar-refractivity contribution in [1.82, 2.24) is 30.5 Å². The zero-order chi connectivity index (χ0) is 17.8. The fourth-order valence-electron chi connectivity index (χ4n) is 2.82. The van der Waals surface area contributed by atoms with Crippen molar-refractivity contribution in [3.8, 4) is 0 Å². The van der Waals surface area contributed by atoms with E-state index in [0.29, 0.717) is 6.54 Å². The van der Waals surface area contributed by atoms with Gasteiger partial charge in [-0.25, -0.2) is 4.68 Å². The van der Waals surface area contributed by atoms with Crippen LogP contribution in [0, 0.1) is 0 Å². The van der Waals surface area contributed by atoms with Gasteiger partial charge in [-0.2, -0.15) is 0 Å². The number of hydrogen-bond acceptors (Lipinski definition) is 5.